The summed E-state index contributed by atoms with van der Waals surface area (Å²) in [5, 5.41) is 9.43. The van der Waals surface area contributed by atoms with Gasteiger partial charge >= 0.3 is 0 Å². The molecule has 0 aliphatic carbocycles. The van der Waals surface area contributed by atoms with E-state index in [0.29, 0.717) is 5.69 Å². The van der Waals surface area contributed by atoms with Crippen molar-refractivity contribution in [2.45, 2.75) is 46.2 Å². The molecular weight excluding hydrogens is 284 g/mol. The third-order valence-electron chi connectivity index (χ3n) is 3.53. The quantitative estimate of drug-likeness (QED) is 0.862. The maximum Gasteiger partial charge on any atom is 0.242 e. The lowest BCUT2D eigenvalue weighted by Crippen LogP contribution is -2.31. The SMILES string of the molecule is CCCC(NC(=O)Cn1nc(C)c(N)c1C)c1cccs1. The minimum absolute atomic E-state index is 0.0348. The Morgan fingerprint density at radius 3 is 2.81 bits per heavy atom. The highest BCUT2D eigenvalue weighted by atomic mass is 32.1. The predicted octanol–water partition coefficient (Wildman–Crippen LogP) is 2.80. The molecule has 0 fully saturated rings. The van der Waals surface area contributed by atoms with E-state index in [4.69, 9.17) is 5.73 Å². The molecule has 6 heteroatoms. The van der Waals surface area contributed by atoms with Gasteiger partial charge in [-0.2, -0.15) is 5.10 Å². The second-order valence-electron chi connectivity index (χ2n) is 5.17. The van der Waals surface area contributed by atoms with Gasteiger partial charge in [0.15, 0.2) is 0 Å². The first-order valence-corrected chi connectivity index (χ1v) is 8.03. The maximum absolute atomic E-state index is 12.3. The Balaban J connectivity index is 2.04. The van der Waals surface area contributed by atoms with E-state index in [2.05, 4.69) is 23.4 Å². The van der Waals surface area contributed by atoms with Gasteiger partial charge in [-0.25, -0.2) is 0 Å². The van der Waals surface area contributed by atoms with Crippen LogP contribution in [0.15, 0.2) is 17.5 Å². The van der Waals surface area contributed by atoms with Gasteiger partial charge in [0.1, 0.15) is 6.54 Å². The van der Waals surface area contributed by atoms with Crippen LogP contribution in [0.3, 0.4) is 0 Å². The molecule has 114 valence electrons. The third-order valence-corrected chi connectivity index (χ3v) is 4.52. The second-order valence-corrected chi connectivity index (χ2v) is 6.15. The van der Waals surface area contributed by atoms with Crippen LogP contribution in [-0.4, -0.2) is 15.7 Å². The lowest BCUT2D eigenvalue weighted by Gasteiger charge is -2.17. The summed E-state index contributed by atoms with van der Waals surface area (Å²) in [4.78, 5) is 13.5. The fraction of sp³-hybridized carbons (Fsp3) is 0.467. The zero-order chi connectivity index (χ0) is 15.4. The highest BCUT2D eigenvalue weighted by Gasteiger charge is 2.17. The molecule has 2 heterocycles. The van der Waals surface area contributed by atoms with Crippen LogP contribution in [0.5, 0.6) is 0 Å². The van der Waals surface area contributed by atoms with Crippen LogP contribution in [0.2, 0.25) is 0 Å². The molecule has 0 bridgehead atoms. The molecule has 0 saturated heterocycles. The molecule has 0 aromatic carbocycles. The zero-order valence-corrected chi connectivity index (χ0v) is 13.5. The molecule has 21 heavy (non-hydrogen) atoms. The molecule has 0 radical (unpaired) electrons. The van der Waals surface area contributed by atoms with Crippen LogP contribution >= 0.6 is 11.3 Å². The van der Waals surface area contributed by atoms with Crippen LogP contribution in [0, 0.1) is 13.8 Å². The number of carbonyl (C=O) groups excluding carboxylic acids is 1. The van der Waals surface area contributed by atoms with Gasteiger partial charge in [-0.3, -0.25) is 9.48 Å². The van der Waals surface area contributed by atoms with Gasteiger partial charge in [-0.1, -0.05) is 19.4 Å². The number of amides is 1. The minimum atomic E-state index is -0.0348. The molecule has 0 saturated carbocycles. The van der Waals surface area contributed by atoms with Gasteiger partial charge in [0, 0.05) is 4.88 Å². The average Bonchev–Trinajstić information content (AvgIpc) is 3.05. The van der Waals surface area contributed by atoms with Crippen molar-refractivity contribution in [3.8, 4) is 0 Å². The number of aryl methyl sites for hydroxylation is 1. The van der Waals surface area contributed by atoms with Crippen molar-refractivity contribution in [2.75, 3.05) is 5.73 Å². The van der Waals surface area contributed by atoms with Crippen LogP contribution < -0.4 is 11.1 Å². The van der Waals surface area contributed by atoms with E-state index in [9.17, 15) is 4.79 Å². The number of rotatable bonds is 6. The van der Waals surface area contributed by atoms with Crippen molar-refractivity contribution < 1.29 is 4.79 Å². The van der Waals surface area contributed by atoms with E-state index in [0.717, 1.165) is 24.2 Å². The zero-order valence-electron chi connectivity index (χ0n) is 12.7. The number of nitrogen functional groups attached to an aromatic ring is 1. The molecule has 5 nitrogen and oxygen atoms in total. The summed E-state index contributed by atoms with van der Waals surface area (Å²) < 4.78 is 1.66. The fourth-order valence-electron chi connectivity index (χ4n) is 2.30. The Morgan fingerprint density at radius 1 is 1.52 bits per heavy atom. The summed E-state index contributed by atoms with van der Waals surface area (Å²) in [6, 6.07) is 4.15. The van der Waals surface area contributed by atoms with Crippen LogP contribution in [0.1, 0.15) is 42.1 Å². The number of carbonyl (C=O) groups is 1. The van der Waals surface area contributed by atoms with Gasteiger partial charge in [-0.05, 0) is 31.7 Å². The van der Waals surface area contributed by atoms with Gasteiger partial charge < -0.3 is 11.1 Å². The lowest BCUT2D eigenvalue weighted by molar-refractivity contribution is -0.122. The standard InChI is InChI=1S/C15H22N4OS/c1-4-6-12(13-7-5-8-21-13)17-14(20)9-19-11(3)15(16)10(2)18-19/h5,7-8,12H,4,6,9,16H2,1-3H3,(H,17,20). The van der Waals surface area contributed by atoms with Crippen LogP contribution in [0.25, 0.3) is 0 Å². The summed E-state index contributed by atoms with van der Waals surface area (Å²) in [6.45, 7) is 6.05. The predicted molar refractivity (Wildman–Crippen MR) is 86.2 cm³/mol. The number of anilines is 1. The molecule has 0 spiro atoms. The summed E-state index contributed by atoms with van der Waals surface area (Å²) in [7, 11) is 0. The number of thiophene rings is 1. The first-order valence-electron chi connectivity index (χ1n) is 7.15. The Morgan fingerprint density at radius 2 is 2.29 bits per heavy atom. The molecule has 3 N–H and O–H groups in total. The highest BCUT2D eigenvalue weighted by Crippen LogP contribution is 2.23. The van der Waals surface area contributed by atoms with Crippen LogP contribution in [-0.2, 0) is 11.3 Å². The number of aromatic nitrogens is 2. The van der Waals surface area contributed by atoms with Gasteiger partial charge in [0.25, 0.3) is 0 Å². The normalized spacial score (nSPS) is 12.3. The van der Waals surface area contributed by atoms with E-state index in [1.54, 1.807) is 16.0 Å². The molecule has 0 aliphatic heterocycles. The number of nitrogens with two attached hydrogens (primary N) is 1. The average molecular weight is 306 g/mol. The Hall–Kier alpha value is -1.82. The summed E-state index contributed by atoms with van der Waals surface area (Å²) >= 11 is 1.67. The Labute approximate surface area is 129 Å². The van der Waals surface area contributed by atoms with Gasteiger partial charge in [-0.15, -0.1) is 11.3 Å². The van der Waals surface area contributed by atoms with E-state index in [-0.39, 0.29) is 18.5 Å². The largest absolute Gasteiger partial charge is 0.396 e. The van der Waals surface area contributed by atoms with Crippen molar-refractivity contribution in [2.24, 2.45) is 0 Å². The van der Waals surface area contributed by atoms with Gasteiger partial charge in [0.2, 0.25) is 5.91 Å². The maximum atomic E-state index is 12.3. The lowest BCUT2D eigenvalue weighted by atomic mass is 10.1. The third kappa shape index (κ3) is 3.64. The number of hydrogen-bond acceptors (Lipinski definition) is 4. The summed E-state index contributed by atoms with van der Waals surface area (Å²) in [5.41, 5.74) is 8.16. The number of hydrogen-bond donors (Lipinski definition) is 2. The molecule has 1 unspecified atom stereocenters. The van der Waals surface area contributed by atoms with Crippen molar-refractivity contribution >= 4 is 22.9 Å². The van der Waals surface area contributed by atoms with E-state index in [1.165, 1.54) is 4.88 Å². The molecule has 2 aromatic rings. The van der Waals surface area contributed by atoms with E-state index < -0.39 is 0 Å². The number of nitrogens with zero attached hydrogens (tertiary/aromatic N) is 2. The molecular formula is C15H22N4OS. The Bertz CT molecular complexity index is 603. The molecule has 2 rings (SSSR count). The fourth-order valence-corrected chi connectivity index (χ4v) is 3.12. The summed E-state index contributed by atoms with van der Waals surface area (Å²) in [6.07, 6.45) is 1.96. The van der Waals surface area contributed by atoms with E-state index in [1.807, 2.05) is 25.3 Å². The summed E-state index contributed by atoms with van der Waals surface area (Å²) in [5.74, 6) is -0.0348. The molecule has 1 atom stereocenters. The highest BCUT2D eigenvalue weighted by molar-refractivity contribution is 7.10. The van der Waals surface area contributed by atoms with Crippen molar-refractivity contribution in [3.05, 3.63) is 33.8 Å². The smallest absolute Gasteiger partial charge is 0.242 e. The first-order chi connectivity index (χ1) is 10.0. The second kappa shape index (κ2) is 6.76. The minimum Gasteiger partial charge on any atom is -0.396 e. The molecule has 1 amide bonds. The number of nitrogens with one attached hydrogen (secondary N) is 1. The van der Waals surface area contributed by atoms with E-state index >= 15 is 0 Å². The van der Waals surface area contributed by atoms with Crippen molar-refractivity contribution in [1.29, 1.82) is 0 Å². The molecule has 2 aromatic heterocycles. The Kier molecular flexibility index (Phi) is 5.01. The topological polar surface area (TPSA) is 72.9 Å². The molecule has 0 aliphatic rings. The van der Waals surface area contributed by atoms with Crippen LogP contribution in [0.4, 0.5) is 5.69 Å². The van der Waals surface area contributed by atoms with Gasteiger partial charge in [0.05, 0.1) is 23.1 Å². The van der Waals surface area contributed by atoms with Crippen molar-refractivity contribution in [1.82, 2.24) is 15.1 Å². The monoisotopic (exact) mass is 306 g/mol. The first kappa shape index (κ1) is 15.6. The van der Waals surface area contributed by atoms with Crippen molar-refractivity contribution in [3.63, 3.8) is 0 Å².